The molecule has 1 aliphatic rings. The van der Waals surface area contributed by atoms with Crippen LogP contribution in [0.5, 0.6) is 0 Å². The van der Waals surface area contributed by atoms with Crippen molar-refractivity contribution >= 4 is 23.1 Å². The summed E-state index contributed by atoms with van der Waals surface area (Å²) in [6.07, 6.45) is 4.14. The number of hydrogen-bond acceptors (Lipinski definition) is 3. The molecule has 90 valence electrons. The molecule has 1 atom stereocenters. The van der Waals surface area contributed by atoms with Gasteiger partial charge >= 0.3 is 0 Å². The Kier molecular flexibility index (Phi) is 4.74. The van der Waals surface area contributed by atoms with Gasteiger partial charge in [-0.15, -0.1) is 11.3 Å². The summed E-state index contributed by atoms with van der Waals surface area (Å²) in [5, 5.41) is 5.71. The van der Waals surface area contributed by atoms with E-state index in [4.69, 9.17) is 0 Å². The summed E-state index contributed by atoms with van der Waals surface area (Å²) in [6.45, 7) is 2.23. The number of nitrogens with one attached hydrogen (secondary N) is 1. The highest BCUT2D eigenvalue weighted by Crippen LogP contribution is 2.33. The van der Waals surface area contributed by atoms with Gasteiger partial charge in [0, 0.05) is 10.9 Å². The van der Waals surface area contributed by atoms with Crippen molar-refractivity contribution in [1.29, 1.82) is 0 Å². The van der Waals surface area contributed by atoms with Crippen LogP contribution in [-0.2, 0) is 0 Å². The molecule has 1 unspecified atom stereocenters. The normalized spacial score (nSPS) is 19.9. The van der Waals surface area contributed by atoms with Crippen LogP contribution in [0, 0.1) is 12.8 Å². The standard InChI is InChI=1S/C13H21NS2/c1-10-3-8-16-13(10)12(14-2)9-11-4-6-15-7-5-11/h3,8,11-12,14H,4-7,9H2,1-2H3. The molecular formula is C13H21NS2. The van der Waals surface area contributed by atoms with E-state index in [1.165, 1.54) is 36.3 Å². The summed E-state index contributed by atoms with van der Waals surface area (Å²) < 4.78 is 0. The maximum absolute atomic E-state index is 3.50. The van der Waals surface area contributed by atoms with E-state index in [0.717, 1.165) is 5.92 Å². The molecule has 1 aromatic heterocycles. The Labute approximate surface area is 107 Å². The van der Waals surface area contributed by atoms with Gasteiger partial charge in [-0.1, -0.05) is 0 Å². The first kappa shape index (κ1) is 12.5. The molecule has 1 aromatic rings. The van der Waals surface area contributed by atoms with Crippen LogP contribution in [0.3, 0.4) is 0 Å². The Morgan fingerprint density at radius 1 is 1.44 bits per heavy atom. The lowest BCUT2D eigenvalue weighted by atomic mass is 9.93. The molecule has 1 nitrogen and oxygen atoms in total. The van der Waals surface area contributed by atoms with E-state index in [9.17, 15) is 0 Å². The lowest BCUT2D eigenvalue weighted by molar-refractivity contribution is 0.386. The smallest absolute Gasteiger partial charge is 0.0417 e. The molecular weight excluding hydrogens is 234 g/mol. The largest absolute Gasteiger partial charge is 0.312 e. The van der Waals surface area contributed by atoms with Crippen molar-refractivity contribution in [2.45, 2.75) is 32.2 Å². The maximum Gasteiger partial charge on any atom is 0.0417 e. The fourth-order valence-electron chi connectivity index (χ4n) is 2.41. The summed E-state index contributed by atoms with van der Waals surface area (Å²) in [6, 6.07) is 2.81. The quantitative estimate of drug-likeness (QED) is 0.877. The molecule has 2 heterocycles. The third kappa shape index (κ3) is 3.02. The van der Waals surface area contributed by atoms with Crippen molar-refractivity contribution < 1.29 is 0 Å². The molecule has 2 rings (SSSR count). The van der Waals surface area contributed by atoms with Crippen LogP contribution >= 0.6 is 23.1 Å². The highest BCUT2D eigenvalue weighted by atomic mass is 32.2. The Morgan fingerprint density at radius 2 is 2.19 bits per heavy atom. The Balaban J connectivity index is 1.97. The molecule has 3 heteroatoms. The SMILES string of the molecule is CNC(CC1CCSCC1)c1sccc1C. The number of hydrogen-bond donors (Lipinski definition) is 1. The summed E-state index contributed by atoms with van der Waals surface area (Å²) in [7, 11) is 2.10. The molecule has 0 spiro atoms. The van der Waals surface area contributed by atoms with Crippen LogP contribution < -0.4 is 5.32 Å². The van der Waals surface area contributed by atoms with Crippen LogP contribution in [0.15, 0.2) is 11.4 Å². The minimum atomic E-state index is 0.577. The summed E-state index contributed by atoms with van der Waals surface area (Å²) in [5.74, 6) is 3.66. The third-order valence-corrected chi connectivity index (χ3v) is 5.66. The number of rotatable bonds is 4. The van der Waals surface area contributed by atoms with Crippen LogP contribution in [0.2, 0.25) is 0 Å². The van der Waals surface area contributed by atoms with Gasteiger partial charge in [0.15, 0.2) is 0 Å². The molecule has 0 aliphatic carbocycles. The zero-order valence-electron chi connectivity index (χ0n) is 10.2. The van der Waals surface area contributed by atoms with E-state index >= 15 is 0 Å². The predicted molar refractivity (Wildman–Crippen MR) is 75.5 cm³/mol. The van der Waals surface area contributed by atoms with Crippen molar-refractivity contribution in [3.63, 3.8) is 0 Å². The minimum Gasteiger partial charge on any atom is -0.312 e. The first-order valence-corrected chi connectivity index (χ1v) is 8.13. The molecule has 1 saturated heterocycles. The average Bonchev–Trinajstić information content (AvgIpc) is 2.74. The first-order chi connectivity index (χ1) is 7.81. The van der Waals surface area contributed by atoms with Crippen molar-refractivity contribution in [2.24, 2.45) is 5.92 Å². The summed E-state index contributed by atoms with van der Waals surface area (Å²) in [5.41, 5.74) is 1.45. The van der Waals surface area contributed by atoms with Crippen molar-refractivity contribution in [1.82, 2.24) is 5.32 Å². The minimum absolute atomic E-state index is 0.577. The Morgan fingerprint density at radius 3 is 2.75 bits per heavy atom. The second kappa shape index (κ2) is 6.08. The molecule has 0 radical (unpaired) electrons. The fraction of sp³-hybridized carbons (Fsp3) is 0.692. The highest BCUT2D eigenvalue weighted by molar-refractivity contribution is 7.99. The molecule has 0 bridgehead atoms. The number of thiophene rings is 1. The third-order valence-electron chi connectivity index (χ3n) is 3.48. The van der Waals surface area contributed by atoms with E-state index in [1.807, 2.05) is 11.3 Å². The van der Waals surface area contributed by atoms with Crippen LogP contribution in [0.4, 0.5) is 0 Å². The topological polar surface area (TPSA) is 12.0 Å². The predicted octanol–water partition coefficient (Wildman–Crippen LogP) is 3.85. The van der Waals surface area contributed by atoms with Gasteiger partial charge in [-0.3, -0.25) is 0 Å². The van der Waals surface area contributed by atoms with Gasteiger partial charge in [-0.25, -0.2) is 0 Å². The van der Waals surface area contributed by atoms with Crippen LogP contribution in [0.25, 0.3) is 0 Å². The second-order valence-corrected chi connectivity index (χ2v) is 6.77. The Hall–Kier alpha value is 0.0100. The van der Waals surface area contributed by atoms with E-state index in [1.54, 1.807) is 4.88 Å². The maximum atomic E-state index is 3.50. The van der Waals surface area contributed by atoms with Gasteiger partial charge in [0.25, 0.3) is 0 Å². The van der Waals surface area contributed by atoms with Gasteiger partial charge in [-0.05, 0) is 67.7 Å². The van der Waals surface area contributed by atoms with Crippen molar-refractivity contribution in [2.75, 3.05) is 18.6 Å². The van der Waals surface area contributed by atoms with E-state index in [0.29, 0.717) is 6.04 Å². The lowest BCUT2D eigenvalue weighted by Crippen LogP contribution is -2.21. The zero-order valence-corrected chi connectivity index (χ0v) is 11.8. The molecule has 1 N–H and O–H groups in total. The molecule has 0 saturated carbocycles. The average molecular weight is 255 g/mol. The van der Waals surface area contributed by atoms with Crippen molar-refractivity contribution in [3.05, 3.63) is 21.9 Å². The highest BCUT2D eigenvalue weighted by Gasteiger charge is 2.20. The van der Waals surface area contributed by atoms with Crippen molar-refractivity contribution in [3.8, 4) is 0 Å². The number of aryl methyl sites for hydroxylation is 1. The molecule has 0 aromatic carbocycles. The molecule has 1 fully saturated rings. The first-order valence-electron chi connectivity index (χ1n) is 6.10. The van der Waals surface area contributed by atoms with E-state index in [-0.39, 0.29) is 0 Å². The van der Waals surface area contributed by atoms with Crippen LogP contribution in [0.1, 0.15) is 35.7 Å². The lowest BCUT2D eigenvalue weighted by Gasteiger charge is -2.26. The van der Waals surface area contributed by atoms with Gasteiger partial charge in [0.2, 0.25) is 0 Å². The fourth-order valence-corrected chi connectivity index (χ4v) is 4.67. The monoisotopic (exact) mass is 255 g/mol. The summed E-state index contributed by atoms with van der Waals surface area (Å²) in [4.78, 5) is 1.54. The zero-order chi connectivity index (χ0) is 11.4. The molecule has 16 heavy (non-hydrogen) atoms. The van der Waals surface area contributed by atoms with Gasteiger partial charge in [-0.2, -0.15) is 11.8 Å². The van der Waals surface area contributed by atoms with E-state index in [2.05, 4.69) is 42.5 Å². The Bertz CT molecular complexity index is 315. The van der Waals surface area contributed by atoms with Gasteiger partial charge in [0.1, 0.15) is 0 Å². The summed E-state index contributed by atoms with van der Waals surface area (Å²) >= 11 is 4.02. The van der Waals surface area contributed by atoms with Gasteiger partial charge < -0.3 is 5.32 Å². The molecule has 0 amide bonds. The van der Waals surface area contributed by atoms with E-state index < -0.39 is 0 Å². The van der Waals surface area contributed by atoms with Crippen LogP contribution in [-0.4, -0.2) is 18.6 Å². The number of thioether (sulfide) groups is 1. The molecule has 1 aliphatic heterocycles. The van der Waals surface area contributed by atoms with Gasteiger partial charge in [0.05, 0.1) is 0 Å². The second-order valence-electron chi connectivity index (χ2n) is 4.60.